The number of amides is 2. The molecule has 130 valence electrons. The van der Waals surface area contributed by atoms with Crippen LogP contribution in [0.2, 0.25) is 5.02 Å². The third-order valence-corrected chi connectivity index (χ3v) is 3.63. The molecule has 0 saturated carbocycles. The highest BCUT2D eigenvalue weighted by Gasteiger charge is 2.13. The predicted molar refractivity (Wildman–Crippen MR) is 95.2 cm³/mol. The molecular weight excluding hydrogens is 346 g/mol. The lowest BCUT2D eigenvalue weighted by molar-refractivity contribution is -0.136. The van der Waals surface area contributed by atoms with E-state index in [-0.39, 0.29) is 11.5 Å². The first-order valence-corrected chi connectivity index (χ1v) is 7.56. The van der Waals surface area contributed by atoms with Crippen LogP contribution in [0, 0.1) is 6.92 Å². The van der Waals surface area contributed by atoms with E-state index in [1.165, 1.54) is 25.5 Å². The van der Waals surface area contributed by atoms with Gasteiger partial charge in [0.1, 0.15) is 0 Å². The van der Waals surface area contributed by atoms with Crippen molar-refractivity contribution in [3.63, 3.8) is 0 Å². The number of phenols is 1. The van der Waals surface area contributed by atoms with Gasteiger partial charge in [-0.3, -0.25) is 9.59 Å². The normalized spacial score (nSPS) is 10.5. The van der Waals surface area contributed by atoms with Crippen LogP contribution in [0.1, 0.15) is 11.1 Å². The van der Waals surface area contributed by atoms with E-state index in [2.05, 4.69) is 15.8 Å². The zero-order valence-electron chi connectivity index (χ0n) is 13.5. The summed E-state index contributed by atoms with van der Waals surface area (Å²) in [5.74, 6) is -1.55. The van der Waals surface area contributed by atoms with Crippen molar-refractivity contribution in [2.75, 3.05) is 12.4 Å². The molecule has 0 heterocycles. The number of halogens is 1. The number of rotatable bonds is 4. The fourth-order valence-corrected chi connectivity index (χ4v) is 2.03. The van der Waals surface area contributed by atoms with Gasteiger partial charge in [0, 0.05) is 10.7 Å². The fourth-order valence-electron chi connectivity index (χ4n) is 1.85. The summed E-state index contributed by atoms with van der Waals surface area (Å²) in [6.07, 6.45) is 1.32. The van der Waals surface area contributed by atoms with E-state index in [4.69, 9.17) is 16.3 Å². The van der Waals surface area contributed by atoms with Gasteiger partial charge in [-0.2, -0.15) is 5.10 Å². The number of phenolic OH excluding ortho intramolecular Hbond substituents is 1. The van der Waals surface area contributed by atoms with Gasteiger partial charge in [-0.25, -0.2) is 5.43 Å². The van der Waals surface area contributed by atoms with Crippen molar-refractivity contribution in [1.29, 1.82) is 0 Å². The van der Waals surface area contributed by atoms with E-state index in [0.29, 0.717) is 16.3 Å². The Hall–Kier alpha value is -3.06. The molecule has 8 heteroatoms. The molecule has 0 atom stereocenters. The number of nitrogens with zero attached hydrogens (tertiary/aromatic N) is 1. The van der Waals surface area contributed by atoms with Crippen molar-refractivity contribution < 1.29 is 19.4 Å². The number of aromatic hydroxyl groups is 1. The molecule has 25 heavy (non-hydrogen) atoms. The summed E-state index contributed by atoms with van der Waals surface area (Å²) in [6.45, 7) is 1.83. The molecular formula is C17H16ClN3O4. The third kappa shape index (κ3) is 4.95. The van der Waals surface area contributed by atoms with Crippen LogP contribution >= 0.6 is 11.6 Å². The number of carbonyl (C=O) groups is 2. The quantitative estimate of drug-likeness (QED) is 0.442. The molecule has 2 amide bonds. The lowest BCUT2D eigenvalue weighted by Gasteiger charge is -2.06. The van der Waals surface area contributed by atoms with Crippen LogP contribution < -0.4 is 15.5 Å². The van der Waals surface area contributed by atoms with Crippen molar-refractivity contribution in [2.45, 2.75) is 6.92 Å². The maximum atomic E-state index is 11.8. The molecule has 0 bridgehead atoms. The number of methoxy groups -OCH3 is 1. The number of benzene rings is 2. The molecule has 2 aromatic carbocycles. The van der Waals surface area contributed by atoms with Gasteiger partial charge in [-0.15, -0.1) is 0 Å². The zero-order chi connectivity index (χ0) is 18.4. The van der Waals surface area contributed by atoms with Crippen LogP contribution in [0.3, 0.4) is 0 Å². The van der Waals surface area contributed by atoms with Gasteiger partial charge in [-0.1, -0.05) is 17.7 Å². The van der Waals surface area contributed by atoms with Crippen LogP contribution in [-0.4, -0.2) is 30.2 Å². The summed E-state index contributed by atoms with van der Waals surface area (Å²) in [5, 5.41) is 16.1. The van der Waals surface area contributed by atoms with Crippen LogP contribution in [0.25, 0.3) is 0 Å². The van der Waals surface area contributed by atoms with Gasteiger partial charge >= 0.3 is 11.8 Å². The highest BCUT2D eigenvalue weighted by Crippen LogP contribution is 2.25. The standard InChI is InChI=1S/C17H16ClN3O4/c1-10-3-5-12(8-13(10)18)20-16(23)17(24)21-19-9-11-4-6-14(22)15(7-11)25-2/h3-9,22H,1-2H3,(H,20,23)(H,21,24). The maximum Gasteiger partial charge on any atom is 0.329 e. The van der Waals surface area contributed by atoms with Gasteiger partial charge in [0.15, 0.2) is 11.5 Å². The summed E-state index contributed by atoms with van der Waals surface area (Å²) in [7, 11) is 1.42. The molecule has 0 radical (unpaired) electrons. The van der Waals surface area contributed by atoms with Gasteiger partial charge in [0.25, 0.3) is 0 Å². The molecule has 0 aromatic heterocycles. The van der Waals surface area contributed by atoms with Gasteiger partial charge in [0.05, 0.1) is 13.3 Å². The monoisotopic (exact) mass is 361 g/mol. The van der Waals surface area contributed by atoms with Crippen molar-refractivity contribution in [3.8, 4) is 11.5 Å². The number of ether oxygens (including phenoxy) is 1. The third-order valence-electron chi connectivity index (χ3n) is 3.22. The van der Waals surface area contributed by atoms with Crippen LogP contribution in [-0.2, 0) is 9.59 Å². The highest BCUT2D eigenvalue weighted by atomic mass is 35.5. The molecule has 0 unspecified atom stereocenters. The number of hydrazone groups is 1. The molecule has 2 aromatic rings. The minimum atomic E-state index is -0.932. The second kappa shape index (κ2) is 8.16. The first-order valence-electron chi connectivity index (χ1n) is 7.18. The van der Waals surface area contributed by atoms with E-state index in [1.807, 2.05) is 6.92 Å². The Morgan fingerprint density at radius 2 is 1.96 bits per heavy atom. The Balaban J connectivity index is 1.94. The first-order chi connectivity index (χ1) is 11.9. The number of hydrogen-bond donors (Lipinski definition) is 3. The molecule has 0 spiro atoms. The van der Waals surface area contributed by atoms with E-state index in [1.54, 1.807) is 24.3 Å². The number of carbonyl (C=O) groups excluding carboxylic acids is 2. The van der Waals surface area contributed by atoms with E-state index >= 15 is 0 Å². The Bertz CT molecular complexity index is 837. The summed E-state index contributed by atoms with van der Waals surface area (Å²) in [4.78, 5) is 23.5. The smallest absolute Gasteiger partial charge is 0.329 e. The molecule has 2 rings (SSSR count). The van der Waals surface area contributed by atoms with Gasteiger partial charge < -0.3 is 15.2 Å². The molecule has 0 aliphatic rings. The topological polar surface area (TPSA) is 100 Å². The van der Waals surface area contributed by atoms with Crippen molar-refractivity contribution in [3.05, 3.63) is 52.5 Å². The summed E-state index contributed by atoms with van der Waals surface area (Å²) in [6, 6.07) is 9.44. The molecule has 0 fully saturated rings. The molecule has 0 saturated heterocycles. The number of nitrogens with one attached hydrogen (secondary N) is 2. The summed E-state index contributed by atoms with van der Waals surface area (Å²) >= 11 is 5.96. The van der Waals surface area contributed by atoms with Crippen LogP contribution in [0.5, 0.6) is 11.5 Å². The average Bonchev–Trinajstić information content (AvgIpc) is 2.59. The Kier molecular flexibility index (Phi) is 5.97. The van der Waals surface area contributed by atoms with Crippen molar-refractivity contribution >= 4 is 35.3 Å². The first kappa shape index (κ1) is 18.3. The SMILES string of the molecule is COc1cc(C=NNC(=O)C(=O)Nc2ccc(C)c(Cl)c2)ccc1O. The molecule has 7 nitrogen and oxygen atoms in total. The second-order valence-corrected chi connectivity index (χ2v) is 5.46. The van der Waals surface area contributed by atoms with E-state index < -0.39 is 11.8 Å². The maximum absolute atomic E-state index is 11.8. The predicted octanol–water partition coefficient (Wildman–Crippen LogP) is 2.45. The van der Waals surface area contributed by atoms with E-state index in [0.717, 1.165) is 5.56 Å². The molecule has 0 aliphatic heterocycles. The summed E-state index contributed by atoms with van der Waals surface area (Å²) in [5.41, 5.74) is 3.95. The minimum absolute atomic E-state index is 0.0141. The Morgan fingerprint density at radius 1 is 1.20 bits per heavy atom. The average molecular weight is 362 g/mol. The highest BCUT2D eigenvalue weighted by molar-refractivity contribution is 6.39. The van der Waals surface area contributed by atoms with Crippen molar-refractivity contribution in [2.24, 2.45) is 5.10 Å². The fraction of sp³-hybridized carbons (Fsp3) is 0.118. The number of anilines is 1. The lowest BCUT2D eigenvalue weighted by Crippen LogP contribution is -2.32. The van der Waals surface area contributed by atoms with Crippen LogP contribution in [0.15, 0.2) is 41.5 Å². The molecule has 0 aliphatic carbocycles. The summed E-state index contributed by atoms with van der Waals surface area (Å²) < 4.78 is 4.96. The van der Waals surface area contributed by atoms with E-state index in [9.17, 15) is 14.7 Å². The number of hydrogen-bond acceptors (Lipinski definition) is 5. The van der Waals surface area contributed by atoms with Crippen molar-refractivity contribution in [1.82, 2.24) is 5.43 Å². The minimum Gasteiger partial charge on any atom is -0.504 e. The zero-order valence-corrected chi connectivity index (χ0v) is 14.3. The molecule has 3 N–H and O–H groups in total. The Morgan fingerprint density at radius 3 is 2.64 bits per heavy atom. The lowest BCUT2D eigenvalue weighted by atomic mass is 10.2. The second-order valence-electron chi connectivity index (χ2n) is 5.05. The number of aryl methyl sites for hydroxylation is 1. The van der Waals surface area contributed by atoms with Gasteiger partial charge in [0.2, 0.25) is 0 Å². The van der Waals surface area contributed by atoms with Crippen LogP contribution in [0.4, 0.5) is 5.69 Å². The Labute approximate surface area is 149 Å². The van der Waals surface area contributed by atoms with Gasteiger partial charge in [-0.05, 0) is 48.4 Å². The largest absolute Gasteiger partial charge is 0.504 e.